The molecule has 0 saturated heterocycles. The van der Waals surface area contributed by atoms with Crippen LogP contribution in [-0.4, -0.2) is 56.8 Å². The van der Waals surface area contributed by atoms with Crippen LogP contribution in [0, 0.1) is 5.41 Å². The first-order valence-electron chi connectivity index (χ1n) is 6.85. The van der Waals surface area contributed by atoms with Crippen molar-refractivity contribution in [3.8, 4) is 57.5 Å². The van der Waals surface area contributed by atoms with Crippen molar-refractivity contribution in [3.63, 3.8) is 0 Å². The van der Waals surface area contributed by atoms with Crippen LogP contribution in [0.15, 0.2) is 6.08 Å². The van der Waals surface area contributed by atoms with Gasteiger partial charge in [0.05, 0.1) is 16.8 Å². The lowest BCUT2D eigenvalue weighted by Gasteiger charge is -2.14. The fourth-order valence-corrected chi connectivity index (χ4v) is 2.20. The van der Waals surface area contributed by atoms with E-state index in [2.05, 4.69) is 0 Å². The van der Waals surface area contributed by atoms with Gasteiger partial charge in [-0.3, -0.25) is 5.41 Å². The molecular formula is C15H14N2O10. The van der Waals surface area contributed by atoms with Crippen LogP contribution in [0.1, 0.15) is 11.1 Å². The molecule has 0 aliphatic carbocycles. The second kappa shape index (κ2) is 6.18. The van der Waals surface area contributed by atoms with Gasteiger partial charge in [0.25, 0.3) is 0 Å². The Balaban J connectivity index is 2.68. The van der Waals surface area contributed by atoms with E-state index >= 15 is 0 Å². The first-order chi connectivity index (χ1) is 12.4. The van der Waals surface area contributed by atoms with Crippen molar-refractivity contribution < 1.29 is 51.1 Å². The van der Waals surface area contributed by atoms with Crippen molar-refractivity contribution in [1.29, 1.82) is 5.41 Å². The Labute approximate surface area is 149 Å². The van der Waals surface area contributed by atoms with Crippen LogP contribution in [0.3, 0.4) is 0 Å². The van der Waals surface area contributed by atoms with E-state index < -0.39 is 80.0 Å². The van der Waals surface area contributed by atoms with Gasteiger partial charge in [-0.1, -0.05) is 0 Å². The van der Waals surface area contributed by atoms with Crippen LogP contribution in [-0.2, 0) is 0 Å². The average Bonchev–Trinajstić information content (AvgIpc) is 2.61. The van der Waals surface area contributed by atoms with Crippen molar-refractivity contribution in [1.82, 2.24) is 0 Å². The van der Waals surface area contributed by atoms with Gasteiger partial charge in [0.1, 0.15) is 0 Å². The Hall–Kier alpha value is -4.35. The molecule has 2 aromatic rings. The van der Waals surface area contributed by atoms with Gasteiger partial charge < -0.3 is 56.8 Å². The number of phenols is 10. The highest BCUT2D eigenvalue weighted by atomic mass is 16.4. The Morgan fingerprint density at radius 3 is 1.11 bits per heavy atom. The number of benzene rings is 2. The number of nitrogens with two attached hydrogens (primary N) is 1. The predicted octanol–water partition coefficient (Wildman–Crippen LogP) is 0.110. The summed E-state index contributed by atoms with van der Waals surface area (Å²) in [6.45, 7) is 0. The third-order valence-corrected chi connectivity index (χ3v) is 3.60. The summed E-state index contributed by atoms with van der Waals surface area (Å²) in [7, 11) is 0. The smallest absolute Gasteiger partial charge is 0.208 e. The van der Waals surface area contributed by atoms with Crippen LogP contribution in [0.5, 0.6) is 57.5 Å². The molecule has 0 aliphatic heterocycles. The first-order valence-corrected chi connectivity index (χ1v) is 6.85. The lowest BCUT2D eigenvalue weighted by molar-refractivity contribution is 0.327. The summed E-state index contributed by atoms with van der Waals surface area (Å²) in [5.41, 5.74) is 2.31. The molecule has 0 atom stereocenters. The molecule has 0 aromatic heterocycles. The van der Waals surface area contributed by atoms with Crippen molar-refractivity contribution in [2.45, 2.75) is 0 Å². The third kappa shape index (κ3) is 2.70. The quantitative estimate of drug-likeness (QED) is 0.193. The highest BCUT2D eigenvalue weighted by Crippen LogP contribution is 2.53. The molecule has 27 heavy (non-hydrogen) atoms. The maximum Gasteiger partial charge on any atom is 0.208 e. The van der Waals surface area contributed by atoms with Gasteiger partial charge in [-0.25, -0.2) is 0 Å². The molecule has 144 valence electrons. The van der Waals surface area contributed by atoms with E-state index in [9.17, 15) is 51.1 Å². The molecule has 0 heterocycles. The van der Waals surface area contributed by atoms with Crippen LogP contribution in [0.25, 0.3) is 5.70 Å². The number of phenolic OH excluding ortho intramolecular Hbond substituents is 10. The van der Waals surface area contributed by atoms with Gasteiger partial charge in [-0.2, -0.15) is 0 Å². The summed E-state index contributed by atoms with van der Waals surface area (Å²) < 4.78 is 0. The summed E-state index contributed by atoms with van der Waals surface area (Å²) in [5, 5.41) is 104. The fourth-order valence-electron chi connectivity index (χ4n) is 2.20. The van der Waals surface area contributed by atoms with Crippen molar-refractivity contribution >= 4 is 11.4 Å². The summed E-state index contributed by atoms with van der Waals surface area (Å²) >= 11 is 0. The van der Waals surface area contributed by atoms with Gasteiger partial charge in [0.2, 0.25) is 34.5 Å². The summed E-state index contributed by atoms with van der Waals surface area (Å²) in [6.07, 6.45) is 0.593. The molecular weight excluding hydrogens is 368 g/mol. The zero-order valence-corrected chi connectivity index (χ0v) is 13.1. The molecule has 0 bridgehead atoms. The molecule has 0 spiro atoms. The minimum atomic E-state index is -1.25. The Morgan fingerprint density at radius 2 is 0.778 bits per heavy atom. The molecule has 2 rings (SSSR count). The van der Waals surface area contributed by atoms with Gasteiger partial charge in [0, 0.05) is 5.70 Å². The van der Waals surface area contributed by atoms with E-state index in [1.807, 2.05) is 0 Å². The number of nitrogens with one attached hydrogen (secondary N) is 1. The second-order valence-electron chi connectivity index (χ2n) is 5.25. The number of rotatable bonds is 3. The average molecular weight is 382 g/mol. The molecule has 12 heteroatoms. The van der Waals surface area contributed by atoms with Crippen LogP contribution >= 0.6 is 0 Å². The first kappa shape index (κ1) is 19.0. The van der Waals surface area contributed by atoms with Gasteiger partial charge in [-0.05, 0) is 6.08 Å². The Bertz CT molecular complexity index is 955. The molecule has 0 fully saturated rings. The zero-order chi connectivity index (χ0) is 20.8. The van der Waals surface area contributed by atoms with E-state index in [1.54, 1.807) is 0 Å². The summed E-state index contributed by atoms with van der Waals surface area (Å²) in [6, 6.07) is 0. The third-order valence-electron chi connectivity index (χ3n) is 3.60. The van der Waals surface area contributed by atoms with Crippen LogP contribution < -0.4 is 5.73 Å². The molecule has 0 aliphatic rings. The van der Waals surface area contributed by atoms with Gasteiger partial charge in [-0.15, -0.1) is 0 Å². The zero-order valence-electron chi connectivity index (χ0n) is 13.1. The topological polar surface area (TPSA) is 252 Å². The normalized spacial score (nSPS) is 11.5. The van der Waals surface area contributed by atoms with E-state index in [-0.39, 0.29) is 0 Å². The number of allylic oxidation sites excluding steroid dienone is 1. The van der Waals surface area contributed by atoms with Gasteiger partial charge >= 0.3 is 0 Å². The molecule has 0 unspecified atom stereocenters. The largest absolute Gasteiger partial charge is 0.504 e. The van der Waals surface area contributed by atoms with Gasteiger partial charge in [0.15, 0.2) is 23.0 Å². The molecule has 12 nitrogen and oxygen atoms in total. The molecule has 0 amide bonds. The van der Waals surface area contributed by atoms with Crippen molar-refractivity contribution in [2.24, 2.45) is 5.73 Å². The fraction of sp³-hybridized carbons (Fsp3) is 0. The lowest BCUT2D eigenvalue weighted by Crippen LogP contribution is -2.04. The standard InChI is InChI=1S/C15H14N2O10/c16-2(4-6(18)10(22)14(26)11(23)7(4)19)1-3(17)5-8(20)12(24)15(27)13(25)9(5)21/h1,16,18-27H,17H2/b3-1-,16-2?. The maximum atomic E-state index is 9.79. The SMILES string of the molecule is N=C(/C=C(\N)c1c(O)c(O)c(O)c(O)c1O)c1c(O)c(O)c(O)c(O)c1O. The van der Waals surface area contributed by atoms with E-state index in [1.165, 1.54) is 0 Å². The Kier molecular flexibility index (Phi) is 4.34. The summed E-state index contributed by atoms with van der Waals surface area (Å²) in [4.78, 5) is 0. The number of aromatic hydroxyl groups is 10. The van der Waals surface area contributed by atoms with E-state index in [4.69, 9.17) is 11.1 Å². The molecule has 0 radical (unpaired) electrons. The predicted molar refractivity (Wildman–Crippen MR) is 88.5 cm³/mol. The summed E-state index contributed by atoms with van der Waals surface area (Å²) in [5.74, 6) is -12.1. The molecule has 2 aromatic carbocycles. The molecule has 0 saturated carbocycles. The Morgan fingerprint density at radius 1 is 0.519 bits per heavy atom. The maximum absolute atomic E-state index is 9.79. The van der Waals surface area contributed by atoms with E-state index in [0.29, 0.717) is 6.08 Å². The number of hydrogen-bond acceptors (Lipinski definition) is 12. The van der Waals surface area contributed by atoms with Crippen LogP contribution in [0.4, 0.5) is 0 Å². The second-order valence-corrected chi connectivity index (χ2v) is 5.25. The lowest BCUT2D eigenvalue weighted by atomic mass is 10.0. The van der Waals surface area contributed by atoms with E-state index in [0.717, 1.165) is 0 Å². The highest BCUT2D eigenvalue weighted by molar-refractivity contribution is 6.15. The van der Waals surface area contributed by atoms with Crippen molar-refractivity contribution in [3.05, 3.63) is 17.2 Å². The van der Waals surface area contributed by atoms with Crippen molar-refractivity contribution in [2.75, 3.05) is 0 Å². The molecule has 13 N–H and O–H groups in total. The highest BCUT2D eigenvalue weighted by Gasteiger charge is 2.27. The monoisotopic (exact) mass is 382 g/mol. The van der Waals surface area contributed by atoms with Crippen LogP contribution in [0.2, 0.25) is 0 Å². The minimum Gasteiger partial charge on any atom is -0.504 e. The minimum absolute atomic E-state index is 0.593. The number of hydrogen-bond donors (Lipinski definition) is 12.